The molecular weight excluding hydrogens is 120 g/mol. The van der Waals surface area contributed by atoms with Crippen molar-refractivity contribution in [2.24, 2.45) is 0 Å². The van der Waals surface area contributed by atoms with Crippen LogP contribution in [-0.2, 0) is 4.79 Å². The molecule has 2 N–H and O–H groups in total. The zero-order valence-electron chi connectivity index (χ0n) is 5.16. The minimum Gasteiger partial charge on any atom is -0.478 e. The summed E-state index contributed by atoms with van der Waals surface area (Å²) >= 11 is 0. The molecule has 0 aliphatic rings. The van der Waals surface area contributed by atoms with E-state index in [1.165, 1.54) is 0 Å². The number of carboxylic acid groups (broad SMARTS) is 1. The quantitative estimate of drug-likeness (QED) is 0.557. The summed E-state index contributed by atoms with van der Waals surface area (Å²) in [6.45, 7) is 2.57. The van der Waals surface area contributed by atoms with E-state index in [9.17, 15) is 4.79 Å². The van der Waals surface area contributed by atoms with Crippen molar-refractivity contribution in [2.75, 3.05) is 0 Å². The molecule has 3 nitrogen and oxygen atoms in total. The molecule has 0 atom stereocenters. The van der Waals surface area contributed by atoms with Crippen LogP contribution in [-0.4, -0.2) is 16.2 Å². The molecule has 0 amide bonds. The van der Waals surface area contributed by atoms with Gasteiger partial charge in [0.2, 0.25) is 0 Å². The van der Waals surface area contributed by atoms with Gasteiger partial charge in [0.05, 0.1) is 6.61 Å². The molecule has 0 aliphatic carbocycles. The fourth-order valence-electron chi connectivity index (χ4n) is 0.414. The third-order valence-electron chi connectivity index (χ3n) is 0.783. The van der Waals surface area contributed by atoms with Crippen LogP contribution in [0, 0.1) is 6.61 Å². The molecule has 0 heterocycles. The number of aliphatic hydroxyl groups excluding tert-OH is 1. The smallest absolute Gasteiger partial charge is 0.328 e. The predicted molar refractivity (Wildman–Crippen MR) is 32.2 cm³/mol. The molecule has 0 fully saturated rings. The van der Waals surface area contributed by atoms with Gasteiger partial charge in [0.1, 0.15) is 0 Å². The van der Waals surface area contributed by atoms with E-state index >= 15 is 0 Å². The Morgan fingerprint density at radius 3 is 2.56 bits per heavy atom. The molecule has 9 heavy (non-hydrogen) atoms. The molecule has 0 aliphatic heterocycles. The van der Waals surface area contributed by atoms with E-state index in [0.717, 1.165) is 12.7 Å². The van der Waals surface area contributed by atoms with Gasteiger partial charge in [0.25, 0.3) is 0 Å². The number of aliphatic carboxylic acids is 1. The van der Waals surface area contributed by atoms with E-state index in [4.69, 9.17) is 10.2 Å². The molecule has 0 aromatic heterocycles. The van der Waals surface area contributed by atoms with Crippen LogP contribution < -0.4 is 0 Å². The van der Waals surface area contributed by atoms with Crippen LogP contribution in [0.3, 0.4) is 0 Å². The van der Waals surface area contributed by atoms with Crippen LogP contribution in [0.15, 0.2) is 11.6 Å². The van der Waals surface area contributed by atoms with Gasteiger partial charge >= 0.3 is 5.97 Å². The van der Waals surface area contributed by atoms with Gasteiger partial charge in [0.15, 0.2) is 0 Å². The second kappa shape index (κ2) is 4.09. The normalized spacial score (nSPS) is 11.6. The van der Waals surface area contributed by atoms with Crippen molar-refractivity contribution in [3.05, 3.63) is 18.3 Å². The molecule has 0 unspecified atom stereocenters. The molecule has 3 heteroatoms. The molecule has 1 radical (unpaired) electrons. The van der Waals surface area contributed by atoms with Crippen molar-refractivity contribution in [3.8, 4) is 0 Å². The Hall–Kier alpha value is -0.830. The highest BCUT2D eigenvalue weighted by Crippen LogP contribution is 1.99. The Morgan fingerprint density at radius 2 is 2.22 bits per heavy atom. The molecule has 0 spiro atoms. The van der Waals surface area contributed by atoms with E-state index in [0.29, 0.717) is 12.0 Å². The summed E-state index contributed by atoms with van der Waals surface area (Å²) in [5.41, 5.74) is 0.630. The van der Waals surface area contributed by atoms with E-state index < -0.39 is 5.97 Å². The summed E-state index contributed by atoms with van der Waals surface area (Å²) in [6.07, 6.45) is 1.37. The van der Waals surface area contributed by atoms with Crippen LogP contribution >= 0.6 is 0 Å². The SMILES string of the molecule is C/C(=C/C(=O)O)C[CH]O. The highest BCUT2D eigenvalue weighted by atomic mass is 16.4. The van der Waals surface area contributed by atoms with Crippen molar-refractivity contribution >= 4 is 5.97 Å². The Balaban J connectivity index is 3.69. The van der Waals surface area contributed by atoms with Crippen molar-refractivity contribution in [2.45, 2.75) is 13.3 Å². The fraction of sp³-hybridized carbons (Fsp3) is 0.333. The predicted octanol–water partition coefficient (Wildman–Crippen LogP) is 0.942. The molecule has 0 bridgehead atoms. The zero-order chi connectivity index (χ0) is 7.28. The average molecular weight is 129 g/mol. The average Bonchev–Trinajstić information content (AvgIpc) is 1.63. The summed E-state index contributed by atoms with van der Waals surface area (Å²) in [5, 5.41) is 16.3. The van der Waals surface area contributed by atoms with Gasteiger partial charge < -0.3 is 10.2 Å². The fourth-order valence-corrected chi connectivity index (χ4v) is 0.414. The van der Waals surface area contributed by atoms with Gasteiger partial charge in [-0.15, -0.1) is 0 Å². The first kappa shape index (κ1) is 8.17. The van der Waals surface area contributed by atoms with Gasteiger partial charge in [-0.1, -0.05) is 5.57 Å². The lowest BCUT2D eigenvalue weighted by Gasteiger charge is -1.91. The van der Waals surface area contributed by atoms with E-state index in [2.05, 4.69) is 0 Å². The molecular formula is C6H9O3. The second-order valence-electron chi connectivity index (χ2n) is 1.72. The molecule has 51 valence electrons. The topological polar surface area (TPSA) is 57.5 Å². The Labute approximate surface area is 53.6 Å². The lowest BCUT2D eigenvalue weighted by atomic mass is 10.2. The second-order valence-corrected chi connectivity index (χ2v) is 1.72. The standard InChI is InChI=1S/C6H9O3/c1-5(2-3-7)4-6(8)9/h3-4,7H,2H2,1H3,(H,8,9)/b5-4-. The number of aliphatic hydroxyl groups is 1. The lowest BCUT2D eigenvalue weighted by Crippen LogP contribution is -1.89. The molecule has 0 aromatic carbocycles. The van der Waals surface area contributed by atoms with Crippen LogP contribution in [0.25, 0.3) is 0 Å². The third kappa shape index (κ3) is 5.03. The molecule has 0 rings (SSSR count). The Kier molecular flexibility index (Phi) is 3.71. The number of rotatable bonds is 3. The summed E-state index contributed by atoms with van der Waals surface area (Å²) in [6, 6.07) is 0. The minimum atomic E-state index is -0.977. The maximum Gasteiger partial charge on any atom is 0.328 e. The first-order valence-corrected chi connectivity index (χ1v) is 2.53. The summed E-state index contributed by atoms with van der Waals surface area (Å²) in [4.78, 5) is 9.91. The van der Waals surface area contributed by atoms with Crippen LogP contribution in [0.4, 0.5) is 0 Å². The highest BCUT2D eigenvalue weighted by molar-refractivity contribution is 5.80. The summed E-state index contributed by atoms with van der Waals surface area (Å²) in [7, 11) is 0. The monoisotopic (exact) mass is 129 g/mol. The number of hydrogen-bond acceptors (Lipinski definition) is 2. The lowest BCUT2D eigenvalue weighted by molar-refractivity contribution is -0.131. The molecule has 0 saturated heterocycles. The van der Waals surface area contributed by atoms with Crippen LogP contribution in [0.5, 0.6) is 0 Å². The third-order valence-corrected chi connectivity index (χ3v) is 0.783. The van der Waals surface area contributed by atoms with E-state index in [1.54, 1.807) is 6.92 Å². The summed E-state index contributed by atoms with van der Waals surface area (Å²) < 4.78 is 0. The summed E-state index contributed by atoms with van der Waals surface area (Å²) in [5.74, 6) is -0.977. The molecule has 0 aromatic rings. The van der Waals surface area contributed by atoms with Crippen molar-refractivity contribution in [1.82, 2.24) is 0 Å². The van der Waals surface area contributed by atoms with Gasteiger partial charge in [-0.25, -0.2) is 4.79 Å². The number of hydrogen-bond donors (Lipinski definition) is 2. The van der Waals surface area contributed by atoms with E-state index in [-0.39, 0.29) is 0 Å². The zero-order valence-corrected chi connectivity index (χ0v) is 5.16. The highest BCUT2D eigenvalue weighted by Gasteiger charge is 1.91. The number of carboxylic acids is 1. The maximum absolute atomic E-state index is 9.91. The van der Waals surface area contributed by atoms with Gasteiger partial charge in [-0.3, -0.25) is 0 Å². The van der Waals surface area contributed by atoms with Crippen molar-refractivity contribution in [1.29, 1.82) is 0 Å². The van der Waals surface area contributed by atoms with Gasteiger partial charge in [0, 0.05) is 6.08 Å². The first-order valence-electron chi connectivity index (χ1n) is 2.53. The molecule has 0 saturated carbocycles. The van der Waals surface area contributed by atoms with Crippen molar-refractivity contribution in [3.63, 3.8) is 0 Å². The van der Waals surface area contributed by atoms with E-state index in [1.807, 2.05) is 0 Å². The number of carbonyl (C=O) groups is 1. The maximum atomic E-state index is 9.91. The van der Waals surface area contributed by atoms with Crippen LogP contribution in [0.1, 0.15) is 13.3 Å². The Bertz CT molecular complexity index is 126. The van der Waals surface area contributed by atoms with Gasteiger partial charge in [-0.05, 0) is 13.3 Å². The van der Waals surface area contributed by atoms with Gasteiger partial charge in [-0.2, -0.15) is 0 Å². The van der Waals surface area contributed by atoms with Crippen LogP contribution in [0.2, 0.25) is 0 Å². The first-order chi connectivity index (χ1) is 4.16. The minimum absolute atomic E-state index is 0.312. The largest absolute Gasteiger partial charge is 0.478 e. The van der Waals surface area contributed by atoms with Crippen molar-refractivity contribution < 1.29 is 15.0 Å². The Morgan fingerprint density at radius 1 is 1.67 bits per heavy atom.